The zero-order chi connectivity index (χ0) is 16.0. The van der Waals surface area contributed by atoms with Crippen LogP contribution in [0.15, 0.2) is 11.6 Å². The highest BCUT2D eigenvalue weighted by atomic mass is 17.3. The summed E-state index contributed by atoms with van der Waals surface area (Å²) in [6.45, 7) is 1.47. The summed E-state index contributed by atoms with van der Waals surface area (Å²) < 4.78 is 10.0. The molecule has 1 aliphatic carbocycles. The molecule has 0 aromatic carbocycles. The molecule has 0 spiro atoms. The largest absolute Gasteiger partial charge is 0.465 e. The van der Waals surface area contributed by atoms with E-state index in [4.69, 9.17) is 14.5 Å². The van der Waals surface area contributed by atoms with Crippen LogP contribution in [-0.2, 0) is 28.8 Å². The normalized spacial score (nSPS) is 30.7. The molecule has 22 heavy (non-hydrogen) atoms. The van der Waals surface area contributed by atoms with Crippen molar-refractivity contribution >= 4 is 11.8 Å². The van der Waals surface area contributed by atoms with E-state index in [1.165, 1.54) is 14.0 Å². The van der Waals surface area contributed by atoms with E-state index in [2.05, 4.69) is 10.8 Å². The van der Waals surface area contributed by atoms with Gasteiger partial charge in [-0.05, 0) is 44.1 Å². The maximum Gasteiger partial charge on any atom is 0.369 e. The topological polar surface area (TPSA) is 71.1 Å². The summed E-state index contributed by atoms with van der Waals surface area (Å²) >= 11 is 0. The molecule has 2 fully saturated rings. The summed E-state index contributed by atoms with van der Waals surface area (Å²) in [5, 5.41) is 0. The first-order valence-corrected chi connectivity index (χ1v) is 7.88. The zero-order valence-electron chi connectivity index (χ0n) is 13.3. The number of rotatable bonds is 6. The number of Topliss-reactive ketones (excluding diaryl/α,β-unsaturated/α-hetero) is 1. The minimum absolute atomic E-state index is 0.302. The van der Waals surface area contributed by atoms with Crippen LogP contribution in [0.2, 0.25) is 0 Å². The van der Waals surface area contributed by atoms with Crippen molar-refractivity contribution in [3.05, 3.63) is 11.6 Å². The molecule has 1 heterocycles. The van der Waals surface area contributed by atoms with Crippen molar-refractivity contribution in [1.29, 1.82) is 0 Å². The van der Waals surface area contributed by atoms with Crippen LogP contribution in [0, 0.1) is 0 Å². The number of allylic oxidation sites excluding steroid dienone is 2. The van der Waals surface area contributed by atoms with Crippen LogP contribution >= 0.6 is 0 Å². The van der Waals surface area contributed by atoms with Gasteiger partial charge in [-0.1, -0.05) is 6.08 Å². The molecule has 6 nitrogen and oxygen atoms in total. The molecule has 1 aliphatic heterocycles. The molecule has 1 saturated carbocycles. The number of hydrogen-bond donors (Lipinski definition) is 0. The van der Waals surface area contributed by atoms with Crippen molar-refractivity contribution < 1.29 is 28.8 Å². The number of ether oxygens (including phenoxy) is 2. The van der Waals surface area contributed by atoms with E-state index in [9.17, 15) is 9.59 Å². The Morgan fingerprint density at radius 1 is 1.36 bits per heavy atom. The fraction of sp³-hybridized carbons (Fsp3) is 0.750. The van der Waals surface area contributed by atoms with Crippen LogP contribution in [0.4, 0.5) is 0 Å². The molecule has 6 heteroatoms. The van der Waals surface area contributed by atoms with Gasteiger partial charge in [-0.15, -0.1) is 0 Å². The Bertz CT molecular complexity index is 444. The van der Waals surface area contributed by atoms with Gasteiger partial charge in [0.1, 0.15) is 0 Å². The minimum Gasteiger partial charge on any atom is -0.465 e. The van der Waals surface area contributed by atoms with Crippen molar-refractivity contribution in [3.8, 4) is 0 Å². The van der Waals surface area contributed by atoms with E-state index in [0.29, 0.717) is 18.6 Å². The van der Waals surface area contributed by atoms with Gasteiger partial charge >= 0.3 is 5.97 Å². The minimum atomic E-state index is -1.48. The Kier molecular flexibility index (Phi) is 6.11. The lowest BCUT2D eigenvalue weighted by Gasteiger charge is -2.16. The number of methoxy groups -OCH3 is 1. The molecule has 2 unspecified atom stereocenters. The van der Waals surface area contributed by atoms with Crippen molar-refractivity contribution in [2.45, 2.75) is 70.4 Å². The molecule has 0 bridgehead atoms. The molecule has 0 radical (unpaired) electrons. The molecule has 124 valence electrons. The van der Waals surface area contributed by atoms with E-state index >= 15 is 0 Å². The molecule has 0 aromatic heterocycles. The van der Waals surface area contributed by atoms with Gasteiger partial charge in [-0.25, -0.2) is 9.68 Å². The molecule has 0 aromatic rings. The second-order valence-electron chi connectivity index (χ2n) is 5.81. The third-order valence-electron chi connectivity index (χ3n) is 3.97. The number of carbonyl (C=O) groups excluding carboxylic acids is 2. The van der Waals surface area contributed by atoms with Gasteiger partial charge in [-0.2, -0.15) is 4.89 Å². The SMILES string of the molecule is COC(=O)C1(C)OOC(CCCC/C=C2/CCCCC2=O)O1. The quantitative estimate of drug-likeness (QED) is 0.325. The van der Waals surface area contributed by atoms with Crippen LogP contribution in [-0.4, -0.2) is 30.9 Å². The lowest BCUT2D eigenvalue weighted by Crippen LogP contribution is -2.38. The van der Waals surface area contributed by atoms with Crippen molar-refractivity contribution in [3.63, 3.8) is 0 Å². The summed E-state index contributed by atoms with van der Waals surface area (Å²) in [5.74, 6) is -1.79. The molecule has 0 N–H and O–H groups in total. The van der Waals surface area contributed by atoms with E-state index in [1.807, 2.05) is 0 Å². The van der Waals surface area contributed by atoms with Crippen LogP contribution in [0.3, 0.4) is 0 Å². The van der Waals surface area contributed by atoms with E-state index < -0.39 is 18.0 Å². The Labute approximate surface area is 130 Å². The Hall–Kier alpha value is -1.24. The Balaban J connectivity index is 1.64. The van der Waals surface area contributed by atoms with Gasteiger partial charge in [0.2, 0.25) is 0 Å². The highest BCUT2D eigenvalue weighted by Gasteiger charge is 2.47. The van der Waals surface area contributed by atoms with E-state index in [0.717, 1.165) is 44.1 Å². The van der Waals surface area contributed by atoms with E-state index in [1.54, 1.807) is 0 Å². The molecule has 0 amide bonds. The molecular formula is C16H24O6. The first kappa shape index (κ1) is 17.1. The predicted octanol–water partition coefficient (Wildman–Crippen LogP) is 2.81. The maximum atomic E-state index is 11.7. The first-order valence-electron chi connectivity index (χ1n) is 7.88. The molecule has 1 saturated heterocycles. The van der Waals surface area contributed by atoms with Crippen LogP contribution in [0.1, 0.15) is 58.3 Å². The average Bonchev–Trinajstić information content (AvgIpc) is 2.90. The van der Waals surface area contributed by atoms with Crippen LogP contribution in [0.5, 0.6) is 0 Å². The van der Waals surface area contributed by atoms with Gasteiger partial charge in [0, 0.05) is 19.8 Å². The van der Waals surface area contributed by atoms with Gasteiger partial charge in [-0.3, -0.25) is 4.79 Å². The maximum absolute atomic E-state index is 11.7. The van der Waals surface area contributed by atoms with Gasteiger partial charge in [0.05, 0.1) is 7.11 Å². The molecule has 2 atom stereocenters. The number of unbranched alkanes of at least 4 members (excludes halogenated alkanes) is 2. The highest BCUT2D eigenvalue weighted by Crippen LogP contribution is 2.28. The zero-order valence-corrected chi connectivity index (χ0v) is 13.3. The summed E-state index contributed by atoms with van der Waals surface area (Å²) in [6, 6.07) is 0. The number of hydrogen-bond acceptors (Lipinski definition) is 6. The summed E-state index contributed by atoms with van der Waals surface area (Å²) in [6.07, 6.45) is 8.56. The Morgan fingerprint density at radius 3 is 2.86 bits per heavy atom. The average molecular weight is 312 g/mol. The van der Waals surface area contributed by atoms with Crippen molar-refractivity contribution in [1.82, 2.24) is 0 Å². The van der Waals surface area contributed by atoms with Gasteiger partial charge in [0.15, 0.2) is 12.1 Å². The predicted molar refractivity (Wildman–Crippen MR) is 77.5 cm³/mol. The monoisotopic (exact) mass is 312 g/mol. The fourth-order valence-electron chi connectivity index (χ4n) is 2.66. The number of carbonyl (C=O) groups is 2. The molecule has 2 aliphatic rings. The fourth-order valence-corrected chi connectivity index (χ4v) is 2.66. The smallest absolute Gasteiger partial charge is 0.369 e. The van der Waals surface area contributed by atoms with Crippen molar-refractivity contribution in [2.75, 3.05) is 7.11 Å². The van der Waals surface area contributed by atoms with Crippen LogP contribution in [0.25, 0.3) is 0 Å². The standard InChI is InChI=1S/C16H24O6/c1-16(15(18)19-2)20-14(21-22-16)11-5-3-4-8-12-9-6-7-10-13(12)17/h8,14H,3-7,9-11H2,1-2H3/b12-8-. The summed E-state index contributed by atoms with van der Waals surface area (Å²) in [4.78, 5) is 33.1. The molecule has 2 rings (SSSR count). The molecular weight excluding hydrogens is 288 g/mol. The lowest BCUT2D eigenvalue weighted by molar-refractivity contribution is -0.321. The second kappa shape index (κ2) is 7.85. The third-order valence-corrected chi connectivity index (χ3v) is 3.97. The van der Waals surface area contributed by atoms with Crippen LogP contribution < -0.4 is 0 Å². The number of esters is 1. The van der Waals surface area contributed by atoms with Crippen molar-refractivity contribution in [2.24, 2.45) is 0 Å². The summed E-state index contributed by atoms with van der Waals surface area (Å²) in [7, 11) is 1.27. The first-order chi connectivity index (χ1) is 10.5. The third kappa shape index (κ3) is 4.38. The summed E-state index contributed by atoms with van der Waals surface area (Å²) in [5.41, 5.74) is 0.987. The number of ketones is 1. The van der Waals surface area contributed by atoms with Gasteiger partial charge in [0.25, 0.3) is 5.79 Å². The lowest BCUT2D eigenvalue weighted by atomic mass is 9.92. The second-order valence-corrected chi connectivity index (χ2v) is 5.81. The highest BCUT2D eigenvalue weighted by molar-refractivity contribution is 5.95. The van der Waals surface area contributed by atoms with Gasteiger partial charge < -0.3 is 9.47 Å². The Morgan fingerprint density at radius 2 is 2.14 bits per heavy atom. The van der Waals surface area contributed by atoms with E-state index in [-0.39, 0.29) is 0 Å².